The lowest BCUT2D eigenvalue weighted by molar-refractivity contribution is 0.0854. The fourth-order valence-corrected chi connectivity index (χ4v) is 3.53. The summed E-state index contributed by atoms with van der Waals surface area (Å²) in [6, 6.07) is 2.16. The van der Waals surface area contributed by atoms with E-state index in [2.05, 4.69) is 45.0 Å². The van der Waals surface area contributed by atoms with E-state index in [-0.39, 0.29) is 0 Å². The minimum Gasteiger partial charge on any atom is -0.312 e. The Bertz CT molecular complexity index is 229. The molecule has 1 N–H and O–H groups in total. The van der Waals surface area contributed by atoms with Gasteiger partial charge >= 0.3 is 0 Å². The van der Waals surface area contributed by atoms with Crippen LogP contribution in [0.1, 0.15) is 72.6 Å². The molecule has 0 bridgehead atoms. The zero-order valence-electron chi connectivity index (χ0n) is 13.9. The lowest BCUT2D eigenvalue weighted by Crippen LogP contribution is -2.54. The second-order valence-electron chi connectivity index (χ2n) is 6.52. The normalized spacial score (nSPS) is 29.7. The predicted molar refractivity (Wildman–Crippen MR) is 85.6 cm³/mol. The standard InChI is InChI=1S/C17H36N2/c1-6-9-15-10-11-16(18-12-7-2)17(13-15)19(5)14(4)8-3/h14-18H,6-13H2,1-5H3. The van der Waals surface area contributed by atoms with E-state index >= 15 is 0 Å². The van der Waals surface area contributed by atoms with Crippen molar-refractivity contribution in [3.05, 3.63) is 0 Å². The molecule has 0 saturated heterocycles. The summed E-state index contributed by atoms with van der Waals surface area (Å²) in [6.07, 6.45) is 9.47. The summed E-state index contributed by atoms with van der Waals surface area (Å²) >= 11 is 0. The van der Waals surface area contributed by atoms with Gasteiger partial charge in [0.25, 0.3) is 0 Å². The van der Waals surface area contributed by atoms with Gasteiger partial charge in [0.05, 0.1) is 0 Å². The van der Waals surface area contributed by atoms with Gasteiger partial charge in [-0.1, -0.05) is 33.6 Å². The summed E-state index contributed by atoms with van der Waals surface area (Å²) < 4.78 is 0. The van der Waals surface area contributed by atoms with Gasteiger partial charge in [0, 0.05) is 18.1 Å². The molecule has 1 aliphatic carbocycles. The molecule has 1 rings (SSSR count). The monoisotopic (exact) mass is 268 g/mol. The molecule has 0 aromatic carbocycles. The van der Waals surface area contributed by atoms with Gasteiger partial charge < -0.3 is 5.32 Å². The van der Waals surface area contributed by atoms with E-state index in [9.17, 15) is 0 Å². The number of hydrogen-bond acceptors (Lipinski definition) is 2. The third-order valence-electron chi connectivity index (χ3n) is 5.09. The minimum absolute atomic E-state index is 0.705. The van der Waals surface area contributed by atoms with Crippen molar-refractivity contribution in [3.8, 4) is 0 Å². The van der Waals surface area contributed by atoms with Gasteiger partial charge in [0.1, 0.15) is 0 Å². The van der Waals surface area contributed by atoms with Gasteiger partial charge in [0.2, 0.25) is 0 Å². The highest BCUT2D eigenvalue weighted by Crippen LogP contribution is 2.31. The second-order valence-corrected chi connectivity index (χ2v) is 6.52. The van der Waals surface area contributed by atoms with Gasteiger partial charge in [-0.15, -0.1) is 0 Å². The minimum atomic E-state index is 0.705. The average molecular weight is 268 g/mol. The highest BCUT2D eigenvalue weighted by Gasteiger charge is 2.33. The van der Waals surface area contributed by atoms with E-state index in [0.29, 0.717) is 12.1 Å². The molecule has 1 saturated carbocycles. The molecule has 2 heteroatoms. The Kier molecular flexibility index (Phi) is 8.01. The maximum atomic E-state index is 3.80. The van der Waals surface area contributed by atoms with E-state index in [1.54, 1.807) is 0 Å². The number of hydrogen-bond donors (Lipinski definition) is 1. The van der Waals surface area contributed by atoms with Crippen LogP contribution in [-0.4, -0.2) is 36.6 Å². The third kappa shape index (κ3) is 5.07. The summed E-state index contributed by atoms with van der Waals surface area (Å²) in [5, 5.41) is 3.80. The largest absolute Gasteiger partial charge is 0.312 e. The smallest absolute Gasteiger partial charge is 0.0251 e. The summed E-state index contributed by atoms with van der Waals surface area (Å²) in [5.41, 5.74) is 0. The first-order valence-electron chi connectivity index (χ1n) is 8.59. The Labute approximate surface area is 121 Å². The van der Waals surface area contributed by atoms with E-state index in [4.69, 9.17) is 0 Å². The topological polar surface area (TPSA) is 15.3 Å². The zero-order chi connectivity index (χ0) is 14.3. The summed E-state index contributed by atoms with van der Waals surface area (Å²) in [4.78, 5) is 2.65. The molecule has 0 aromatic heterocycles. The summed E-state index contributed by atoms with van der Waals surface area (Å²) in [7, 11) is 2.34. The number of likely N-dealkylation sites (N-methyl/N-ethyl adjacent to an activating group) is 1. The van der Waals surface area contributed by atoms with Crippen LogP contribution in [0, 0.1) is 5.92 Å². The predicted octanol–water partition coefficient (Wildman–Crippen LogP) is 4.05. The average Bonchev–Trinajstić information content (AvgIpc) is 2.44. The molecule has 19 heavy (non-hydrogen) atoms. The van der Waals surface area contributed by atoms with Crippen molar-refractivity contribution in [2.45, 2.75) is 90.8 Å². The van der Waals surface area contributed by atoms with Crippen LogP contribution in [0.25, 0.3) is 0 Å². The summed E-state index contributed by atoms with van der Waals surface area (Å²) in [5.74, 6) is 0.959. The van der Waals surface area contributed by atoms with Crippen LogP contribution in [-0.2, 0) is 0 Å². The molecule has 4 atom stereocenters. The number of rotatable bonds is 8. The van der Waals surface area contributed by atoms with Crippen molar-refractivity contribution < 1.29 is 0 Å². The van der Waals surface area contributed by atoms with Gasteiger partial charge in [-0.05, 0) is 58.5 Å². The van der Waals surface area contributed by atoms with Crippen LogP contribution in [0.3, 0.4) is 0 Å². The molecule has 0 heterocycles. The fraction of sp³-hybridized carbons (Fsp3) is 1.00. The Morgan fingerprint density at radius 1 is 1.16 bits per heavy atom. The first-order valence-corrected chi connectivity index (χ1v) is 8.59. The lowest BCUT2D eigenvalue weighted by atomic mass is 9.79. The van der Waals surface area contributed by atoms with Crippen molar-refractivity contribution in [2.75, 3.05) is 13.6 Å². The molecule has 114 valence electrons. The van der Waals surface area contributed by atoms with E-state index in [1.165, 1.54) is 51.5 Å². The van der Waals surface area contributed by atoms with Crippen LogP contribution >= 0.6 is 0 Å². The van der Waals surface area contributed by atoms with E-state index in [1.807, 2.05) is 0 Å². The lowest BCUT2D eigenvalue weighted by Gasteiger charge is -2.44. The Morgan fingerprint density at radius 2 is 1.89 bits per heavy atom. The quantitative estimate of drug-likeness (QED) is 0.714. The first kappa shape index (κ1) is 17.0. The number of nitrogens with one attached hydrogen (secondary N) is 1. The Morgan fingerprint density at radius 3 is 2.47 bits per heavy atom. The Balaban J connectivity index is 2.64. The van der Waals surface area contributed by atoms with Gasteiger partial charge in [-0.3, -0.25) is 4.90 Å². The van der Waals surface area contributed by atoms with E-state index in [0.717, 1.165) is 12.0 Å². The maximum Gasteiger partial charge on any atom is 0.0251 e. The van der Waals surface area contributed by atoms with Crippen molar-refractivity contribution in [1.29, 1.82) is 0 Å². The molecular formula is C17H36N2. The highest BCUT2D eigenvalue weighted by molar-refractivity contribution is 4.91. The molecule has 0 spiro atoms. The molecular weight excluding hydrogens is 232 g/mol. The van der Waals surface area contributed by atoms with E-state index < -0.39 is 0 Å². The molecule has 0 amide bonds. The first-order chi connectivity index (χ1) is 9.13. The van der Waals surface area contributed by atoms with Gasteiger partial charge in [0.15, 0.2) is 0 Å². The molecule has 0 aromatic rings. The SMILES string of the molecule is CCCNC1CCC(CCC)CC1N(C)C(C)CC. The van der Waals surface area contributed by atoms with Crippen LogP contribution in [0.15, 0.2) is 0 Å². The molecule has 1 fully saturated rings. The van der Waals surface area contributed by atoms with Gasteiger partial charge in [-0.25, -0.2) is 0 Å². The Hall–Kier alpha value is -0.0800. The summed E-state index contributed by atoms with van der Waals surface area (Å²) in [6.45, 7) is 10.5. The van der Waals surface area contributed by atoms with Crippen LogP contribution < -0.4 is 5.32 Å². The number of nitrogens with zero attached hydrogens (tertiary/aromatic N) is 1. The van der Waals surface area contributed by atoms with Crippen LogP contribution in [0.4, 0.5) is 0 Å². The van der Waals surface area contributed by atoms with Crippen LogP contribution in [0.2, 0.25) is 0 Å². The molecule has 0 radical (unpaired) electrons. The fourth-order valence-electron chi connectivity index (χ4n) is 3.53. The van der Waals surface area contributed by atoms with Crippen molar-refractivity contribution in [3.63, 3.8) is 0 Å². The highest BCUT2D eigenvalue weighted by atomic mass is 15.2. The maximum absolute atomic E-state index is 3.80. The van der Waals surface area contributed by atoms with Gasteiger partial charge in [-0.2, -0.15) is 0 Å². The van der Waals surface area contributed by atoms with Crippen molar-refractivity contribution >= 4 is 0 Å². The third-order valence-corrected chi connectivity index (χ3v) is 5.09. The molecule has 1 aliphatic rings. The van der Waals surface area contributed by atoms with Crippen molar-refractivity contribution in [1.82, 2.24) is 10.2 Å². The van der Waals surface area contributed by atoms with Crippen LogP contribution in [0.5, 0.6) is 0 Å². The second kappa shape index (κ2) is 8.97. The molecule has 0 aliphatic heterocycles. The molecule has 4 unspecified atom stereocenters. The molecule has 2 nitrogen and oxygen atoms in total. The van der Waals surface area contributed by atoms with Crippen molar-refractivity contribution in [2.24, 2.45) is 5.92 Å². The zero-order valence-corrected chi connectivity index (χ0v) is 13.9.